The molecule has 0 aliphatic heterocycles. The molecule has 17 heavy (non-hydrogen) atoms. The van der Waals surface area contributed by atoms with Gasteiger partial charge in [-0.2, -0.15) is 0 Å². The molecule has 1 N–H and O–H groups in total. The van der Waals surface area contributed by atoms with E-state index < -0.39 is 0 Å². The van der Waals surface area contributed by atoms with E-state index in [9.17, 15) is 0 Å². The summed E-state index contributed by atoms with van der Waals surface area (Å²) in [6.07, 6.45) is 5.20. The molecule has 1 aromatic rings. The van der Waals surface area contributed by atoms with Gasteiger partial charge in [0.25, 0.3) is 0 Å². The topological polar surface area (TPSA) is 12.0 Å². The molecule has 1 nitrogen and oxygen atoms in total. The highest BCUT2D eigenvalue weighted by Gasteiger charge is 2.07. The lowest BCUT2D eigenvalue weighted by Crippen LogP contribution is -2.13. The van der Waals surface area contributed by atoms with E-state index in [0.29, 0.717) is 0 Å². The van der Waals surface area contributed by atoms with Gasteiger partial charge in [0.2, 0.25) is 0 Å². The first-order valence-corrected chi connectivity index (χ1v) is 7.94. The predicted molar refractivity (Wildman–Crippen MR) is 83.6 cm³/mol. The molecule has 0 aliphatic carbocycles. The summed E-state index contributed by atoms with van der Waals surface area (Å²) in [5, 5.41) is 3.53. The molecular weight excluding hydrogens is 342 g/mol. The fraction of sp³-hybridized carbons (Fsp3) is 0.571. The number of benzene rings is 1. The second-order valence-electron chi connectivity index (χ2n) is 4.42. The average Bonchev–Trinajstić information content (AvgIpc) is 2.31. The van der Waals surface area contributed by atoms with Crippen LogP contribution in [0.5, 0.6) is 0 Å². The molecule has 0 heterocycles. The summed E-state index contributed by atoms with van der Waals surface area (Å²) in [4.78, 5) is 0. The molecule has 0 spiro atoms. The van der Waals surface area contributed by atoms with Crippen molar-refractivity contribution in [2.75, 3.05) is 11.9 Å². The van der Waals surface area contributed by atoms with E-state index in [-0.39, 0.29) is 0 Å². The van der Waals surface area contributed by atoms with Crippen molar-refractivity contribution < 1.29 is 0 Å². The fourth-order valence-corrected chi connectivity index (χ4v) is 3.02. The molecule has 0 fully saturated rings. The monoisotopic (exact) mass is 361 g/mol. The zero-order valence-electron chi connectivity index (χ0n) is 10.6. The van der Waals surface area contributed by atoms with E-state index in [1.807, 2.05) is 0 Å². The molecule has 0 aromatic heterocycles. The van der Waals surface area contributed by atoms with Crippen LogP contribution in [-0.2, 0) is 0 Å². The molecule has 0 bridgehead atoms. The first-order valence-electron chi connectivity index (χ1n) is 6.36. The van der Waals surface area contributed by atoms with Crippen LogP contribution in [0.25, 0.3) is 0 Å². The average molecular weight is 363 g/mol. The fourth-order valence-electron chi connectivity index (χ4n) is 1.83. The summed E-state index contributed by atoms with van der Waals surface area (Å²) < 4.78 is 2.23. The molecule has 1 unspecified atom stereocenters. The van der Waals surface area contributed by atoms with E-state index in [1.165, 1.54) is 31.4 Å². The largest absolute Gasteiger partial charge is 0.384 e. The summed E-state index contributed by atoms with van der Waals surface area (Å²) >= 11 is 7.05. The number of hydrogen-bond donors (Lipinski definition) is 1. The Labute approximate surface area is 122 Å². The molecular formula is C14H21Br2N. The Hall–Kier alpha value is -0.0200. The molecule has 1 atom stereocenters. The maximum Gasteiger partial charge on any atom is 0.0485 e. The van der Waals surface area contributed by atoms with Crippen molar-refractivity contribution in [2.45, 2.75) is 39.5 Å². The van der Waals surface area contributed by atoms with Crippen LogP contribution in [0.3, 0.4) is 0 Å². The molecule has 0 saturated heterocycles. The Morgan fingerprint density at radius 1 is 1.24 bits per heavy atom. The summed E-state index contributed by atoms with van der Waals surface area (Å²) in [6, 6.07) is 6.26. The van der Waals surface area contributed by atoms with Crippen LogP contribution < -0.4 is 5.32 Å². The lowest BCUT2D eigenvalue weighted by Gasteiger charge is -2.17. The van der Waals surface area contributed by atoms with E-state index in [4.69, 9.17) is 0 Å². The summed E-state index contributed by atoms with van der Waals surface area (Å²) in [6.45, 7) is 5.60. The normalized spacial score (nSPS) is 12.5. The third-order valence-electron chi connectivity index (χ3n) is 3.06. The summed E-state index contributed by atoms with van der Waals surface area (Å²) in [5.74, 6) is 0.783. The van der Waals surface area contributed by atoms with Gasteiger partial charge in [-0.05, 0) is 46.5 Å². The maximum absolute atomic E-state index is 3.58. The lowest BCUT2D eigenvalue weighted by atomic mass is 9.99. The van der Waals surface area contributed by atoms with Crippen LogP contribution in [0.15, 0.2) is 27.1 Å². The minimum absolute atomic E-state index is 0.783. The highest BCUT2D eigenvalue weighted by atomic mass is 79.9. The highest BCUT2D eigenvalue weighted by molar-refractivity contribution is 9.11. The van der Waals surface area contributed by atoms with Crippen LogP contribution in [0.1, 0.15) is 39.5 Å². The van der Waals surface area contributed by atoms with Gasteiger partial charge in [0.15, 0.2) is 0 Å². The molecule has 96 valence electrons. The standard InChI is InChI=1S/C14H21Br2N/c1-3-5-6-11(4-2)10-17-14-8-7-12(15)9-13(14)16/h7-9,11,17H,3-6,10H2,1-2H3. The second kappa shape index (κ2) is 8.15. The number of hydrogen-bond acceptors (Lipinski definition) is 1. The third kappa shape index (κ3) is 5.43. The van der Waals surface area contributed by atoms with Gasteiger partial charge in [0.05, 0.1) is 0 Å². The Bertz CT molecular complexity index is 339. The van der Waals surface area contributed by atoms with Crippen molar-refractivity contribution in [1.82, 2.24) is 0 Å². The van der Waals surface area contributed by atoms with Crippen molar-refractivity contribution in [3.8, 4) is 0 Å². The van der Waals surface area contributed by atoms with Crippen LogP contribution in [0.4, 0.5) is 5.69 Å². The van der Waals surface area contributed by atoms with E-state index >= 15 is 0 Å². The number of halogens is 2. The number of unbranched alkanes of at least 4 members (excludes halogenated alkanes) is 1. The quantitative estimate of drug-likeness (QED) is 0.642. The van der Waals surface area contributed by atoms with E-state index in [2.05, 4.69) is 69.2 Å². The van der Waals surface area contributed by atoms with Crippen molar-refractivity contribution in [1.29, 1.82) is 0 Å². The van der Waals surface area contributed by atoms with Gasteiger partial charge in [0.1, 0.15) is 0 Å². The molecule has 0 amide bonds. The van der Waals surface area contributed by atoms with E-state index in [0.717, 1.165) is 21.4 Å². The zero-order valence-corrected chi connectivity index (χ0v) is 13.8. The van der Waals surface area contributed by atoms with Gasteiger partial charge in [-0.15, -0.1) is 0 Å². The van der Waals surface area contributed by atoms with Gasteiger partial charge >= 0.3 is 0 Å². The summed E-state index contributed by atoms with van der Waals surface area (Å²) in [5.41, 5.74) is 1.18. The Kier molecular flexibility index (Phi) is 7.21. The summed E-state index contributed by atoms with van der Waals surface area (Å²) in [7, 11) is 0. The highest BCUT2D eigenvalue weighted by Crippen LogP contribution is 2.26. The van der Waals surface area contributed by atoms with Crippen molar-refractivity contribution in [3.63, 3.8) is 0 Å². The molecule has 1 rings (SSSR count). The number of rotatable bonds is 7. The van der Waals surface area contributed by atoms with Crippen LogP contribution >= 0.6 is 31.9 Å². The molecule has 0 radical (unpaired) electrons. The zero-order chi connectivity index (χ0) is 12.7. The first kappa shape index (κ1) is 15.0. The van der Waals surface area contributed by atoms with Crippen molar-refractivity contribution in [3.05, 3.63) is 27.1 Å². The SMILES string of the molecule is CCCCC(CC)CNc1ccc(Br)cc1Br. The Balaban J connectivity index is 2.47. The van der Waals surface area contributed by atoms with Crippen LogP contribution in [-0.4, -0.2) is 6.54 Å². The van der Waals surface area contributed by atoms with Crippen molar-refractivity contribution in [2.24, 2.45) is 5.92 Å². The smallest absolute Gasteiger partial charge is 0.0485 e. The third-order valence-corrected chi connectivity index (χ3v) is 4.20. The second-order valence-corrected chi connectivity index (χ2v) is 6.19. The van der Waals surface area contributed by atoms with Gasteiger partial charge < -0.3 is 5.32 Å². The van der Waals surface area contributed by atoms with E-state index in [1.54, 1.807) is 0 Å². The number of anilines is 1. The molecule has 0 aliphatic rings. The van der Waals surface area contributed by atoms with Gasteiger partial charge in [0, 0.05) is 21.2 Å². The first-order chi connectivity index (χ1) is 8.17. The Morgan fingerprint density at radius 3 is 2.59 bits per heavy atom. The van der Waals surface area contributed by atoms with Crippen molar-refractivity contribution >= 4 is 37.5 Å². The predicted octanol–water partition coefficient (Wildman–Crippen LogP) is 5.84. The Morgan fingerprint density at radius 2 is 2.00 bits per heavy atom. The molecule has 0 saturated carbocycles. The van der Waals surface area contributed by atoms with Gasteiger partial charge in [-0.3, -0.25) is 0 Å². The van der Waals surface area contributed by atoms with Crippen LogP contribution in [0.2, 0.25) is 0 Å². The minimum atomic E-state index is 0.783. The minimum Gasteiger partial charge on any atom is -0.384 e. The van der Waals surface area contributed by atoms with Gasteiger partial charge in [-0.25, -0.2) is 0 Å². The molecule has 3 heteroatoms. The molecule has 1 aromatic carbocycles. The van der Waals surface area contributed by atoms with Crippen LogP contribution in [0, 0.1) is 5.92 Å². The lowest BCUT2D eigenvalue weighted by molar-refractivity contribution is 0.473. The number of nitrogens with one attached hydrogen (secondary N) is 1. The maximum atomic E-state index is 3.58. The van der Waals surface area contributed by atoms with Gasteiger partial charge in [-0.1, -0.05) is 49.0 Å².